The maximum absolute atomic E-state index is 12.4. The second kappa shape index (κ2) is 8.69. The Balaban J connectivity index is 0.00000243. The van der Waals surface area contributed by atoms with Crippen LogP contribution in [0.15, 0.2) is 42.5 Å². The zero-order valence-electron chi connectivity index (χ0n) is 14.5. The van der Waals surface area contributed by atoms with Gasteiger partial charge in [-0.15, -0.1) is 12.4 Å². The van der Waals surface area contributed by atoms with Crippen molar-refractivity contribution < 1.29 is 14.3 Å². The summed E-state index contributed by atoms with van der Waals surface area (Å²) in [5, 5.41) is 5.60. The lowest BCUT2D eigenvalue weighted by Crippen LogP contribution is -2.34. The largest absolute Gasteiger partial charge is 0.496 e. The van der Waals surface area contributed by atoms with Crippen molar-refractivity contribution in [1.29, 1.82) is 0 Å². The van der Waals surface area contributed by atoms with E-state index in [1.165, 1.54) is 0 Å². The summed E-state index contributed by atoms with van der Waals surface area (Å²) in [5.74, 6) is 0.294. The van der Waals surface area contributed by atoms with E-state index in [4.69, 9.17) is 10.5 Å². The van der Waals surface area contributed by atoms with E-state index in [9.17, 15) is 9.59 Å². The van der Waals surface area contributed by atoms with E-state index in [2.05, 4.69) is 10.6 Å². The number of nitrogens with two attached hydrogens (primary N) is 1. The number of benzene rings is 2. The SMILES string of the molecule is COc1ccccc1[C@@H](N)CNC(=O)c1ccc2c(c1)C(=O)NCC2.Cl. The van der Waals surface area contributed by atoms with Crippen molar-refractivity contribution in [3.63, 3.8) is 0 Å². The number of fused-ring (bicyclic) bond motifs is 1. The number of methoxy groups -OCH3 is 1. The molecule has 6 nitrogen and oxygen atoms in total. The molecule has 0 spiro atoms. The Morgan fingerprint density at radius 1 is 1.31 bits per heavy atom. The Labute approximate surface area is 158 Å². The van der Waals surface area contributed by atoms with Crippen LogP contribution in [0.1, 0.15) is 37.9 Å². The Morgan fingerprint density at radius 3 is 2.85 bits per heavy atom. The first-order chi connectivity index (χ1) is 12.1. The summed E-state index contributed by atoms with van der Waals surface area (Å²) in [4.78, 5) is 24.3. The van der Waals surface area contributed by atoms with Gasteiger partial charge in [-0.05, 0) is 30.2 Å². The highest BCUT2D eigenvalue weighted by molar-refractivity contribution is 6.01. The molecule has 1 aliphatic rings. The quantitative estimate of drug-likeness (QED) is 0.743. The lowest BCUT2D eigenvalue weighted by molar-refractivity contribution is 0.0946. The molecule has 7 heteroatoms. The van der Waals surface area contributed by atoms with Crippen molar-refractivity contribution in [3.8, 4) is 5.75 Å². The first kappa shape index (κ1) is 19.8. The fraction of sp³-hybridized carbons (Fsp3) is 0.263. The van der Waals surface area contributed by atoms with E-state index >= 15 is 0 Å². The highest BCUT2D eigenvalue weighted by Gasteiger charge is 2.19. The molecule has 3 rings (SSSR count). The van der Waals surface area contributed by atoms with Gasteiger partial charge in [0.25, 0.3) is 11.8 Å². The van der Waals surface area contributed by atoms with Crippen LogP contribution in [0.25, 0.3) is 0 Å². The fourth-order valence-electron chi connectivity index (χ4n) is 2.94. The van der Waals surface area contributed by atoms with Gasteiger partial charge in [-0.2, -0.15) is 0 Å². The zero-order valence-corrected chi connectivity index (χ0v) is 15.3. The van der Waals surface area contributed by atoms with Crippen molar-refractivity contribution in [2.45, 2.75) is 12.5 Å². The third-order valence-electron chi connectivity index (χ3n) is 4.32. The Hall–Kier alpha value is -2.57. The molecule has 4 N–H and O–H groups in total. The first-order valence-electron chi connectivity index (χ1n) is 8.18. The lowest BCUT2D eigenvalue weighted by atomic mass is 9.97. The van der Waals surface area contributed by atoms with Crippen LogP contribution in [0.3, 0.4) is 0 Å². The fourth-order valence-corrected chi connectivity index (χ4v) is 2.94. The van der Waals surface area contributed by atoms with Gasteiger partial charge >= 0.3 is 0 Å². The number of hydrogen-bond acceptors (Lipinski definition) is 4. The molecule has 0 aromatic heterocycles. The Kier molecular flexibility index (Phi) is 6.60. The number of amides is 2. The number of rotatable bonds is 5. The molecule has 0 saturated heterocycles. The summed E-state index contributed by atoms with van der Waals surface area (Å²) in [6.45, 7) is 0.896. The van der Waals surface area contributed by atoms with E-state index in [0.717, 1.165) is 17.5 Å². The summed E-state index contributed by atoms with van der Waals surface area (Å²) in [5.41, 5.74) is 8.97. The number of ether oxygens (including phenoxy) is 1. The molecular formula is C19H22ClN3O3. The standard InChI is InChI=1S/C19H21N3O3.ClH/c1-25-17-5-3-2-4-14(17)16(20)11-22-18(23)13-7-6-12-8-9-21-19(24)15(12)10-13;/h2-7,10,16H,8-9,11,20H2,1H3,(H,21,24)(H,22,23);1H/t16-;/m0./s1. The van der Waals surface area contributed by atoms with Crippen LogP contribution in [0.2, 0.25) is 0 Å². The summed E-state index contributed by atoms with van der Waals surface area (Å²) in [7, 11) is 1.59. The number of nitrogens with one attached hydrogen (secondary N) is 2. The van der Waals surface area contributed by atoms with Crippen LogP contribution < -0.4 is 21.1 Å². The van der Waals surface area contributed by atoms with E-state index in [0.29, 0.717) is 23.4 Å². The first-order valence-corrected chi connectivity index (χ1v) is 8.18. The monoisotopic (exact) mass is 375 g/mol. The molecule has 1 atom stereocenters. The average molecular weight is 376 g/mol. The molecule has 0 saturated carbocycles. The average Bonchev–Trinajstić information content (AvgIpc) is 2.65. The van der Waals surface area contributed by atoms with E-state index in [1.54, 1.807) is 19.2 Å². The molecule has 1 heterocycles. The minimum absolute atomic E-state index is 0. The topological polar surface area (TPSA) is 93.4 Å². The molecule has 2 amide bonds. The molecule has 26 heavy (non-hydrogen) atoms. The predicted octanol–water partition coefficient (Wildman–Crippen LogP) is 1.83. The van der Waals surface area contributed by atoms with Crippen molar-refractivity contribution in [2.75, 3.05) is 20.2 Å². The number of para-hydroxylation sites is 1. The maximum atomic E-state index is 12.4. The van der Waals surface area contributed by atoms with Gasteiger partial charge in [0.2, 0.25) is 0 Å². The third-order valence-corrected chi connectivity index (χ3v) is 4.32. The Bertz CT molecular complexity index is 810. The van der Waals surface area contributed by atoms with Gasteiger partial charge in [-0.3, -0.25) is 9.59 Å². The van der Waals surface area contributed by atoms with Crippen LogP contribution in [0.4, 0.5) is 0 Å². The molecule has 138 valence electrons. The molecule has 0 radical (unpaired) electrons. The van der Waals surface area contributed by atoms with Crippen molar-refractivity contribution in [2.24, 2.45) is 5.73 Å². The summed E-state index contributed by atoms with van der Waals surface area (Å²) < 4.78 is 5.29. The molecule has 0 bridgehead atoms. The van der Waals surface area contributed by atoms with E-state index in [-0.39, 0.29) is 36.8 Å². The molecular weight excluding hydrogens is 354 g/mol. The normalized spacial score (nSPS) is 13.7. The van der Waals surface area contributed by atoms with Gasteiger partial charge in [0, 0.05) is 29.8 Å². The second-order valence-electron chi connectivity index (χ2n) is 5.94. The highest BCUT2D eigenvalue weighted by Crippen LogP contribution is 2.23. The van der Waals surface area contributed by atoms with Gasteiger partial charge in [0.05, 0.1) is 13.2 Å². The number of carbonyl (C=O) groups excluding carboxylic acids is 2. The second-order valence-corrected chi connectivity index (χ2v) is 5.94. The van der Waals surface area contributed by atoms with Gasteiger partial charge < -0.3 is 21.1 Å². The van der Waals surface area contributed by atoms with Gasteiger partial charge in [0.1, 0.15) is 5.75 Å². The minimum Gasteiger partial charge on any atom is -0.496 e. The minimum atomic E-state index is -0.388. The maximum Gasteiger partial charge on any atom is 0.251 e. The van der Waals surface area contributed by atoms with E-state index < -0.39 is 0 Å². The zero-order chi connectivity index (χ0) is 17.8. The van der Waals surface area contributed by atoms with Crippen molar-refractivity contribution in [3.05, 3.63) is 64.7 Å². The van der Waals surface area contributed by atoms with Crippen LogP contribution in [-0.4, -0.2) is 32.0 Å². The van der Waals surface area contributed by atoms with Gasteiger partial charge in [-0.1, -0.05) is 24.3 Å². The van der Waals surface area contributed by atoms with Crippen LogP contribution in [-0.2, 0) is 6.42 Å². The molecule has 2 aromatic rings. The number of carbonyl (C=O) groups is 2. The summed E-state index contributed by atoms with van der Waals surface area (Å²) >= 11 is 0. The van der Waals surface area contributed by atoms with Crippen molar-refractivity contribution in [1.82, 2.24) is 10.6 Å². The van der Waals surface area contributed by atoms with E-state index in [1.807, 2.05) is 30.3 Å². The van der Waals surface area contributed by atoms with Crippen LogP contribution in [0.5, 0.6) is 5.75 Å². The summed E-state index contributed by atoms with van der Waals surface area (Å²) in [6, 6.07) is 12.3. The third kappa shape index (κ3) is 4.15. The Morgan fingerprint density at radius 2 is 2.08 bits per heavy atom. The summed E-state index contributed by atoms with van der Waals surface area (Å²) in [6.07, 6.45) is 0.779. The number of hydrogen-bond donors (Lipinski definition) is 3. The van der Waals surface area contributed by atoms with Gasteiger partial charge in [-0.25, -0.2) is 0 Å². The molecule has 2 aromatic carbocycles. The van der Waals surface area contributed by atoms with Crippen LogP contribution >= 0.6 is 12.4 Å². The molecule has 1 aliphatic heterocycles. The van der Waals surface area contributed by atoms with Crippen molar-refractivity contribution >= 4 is 24.2 Å². The van der Waals surface area contributed by atoms with Gasteiger partial charge in [0.15, 0.2) is 0 Å². The predicted molar refractivity (Wildman–Crippen MR) is 102 cm³/mol. The number of halogens is 1. The molecule has 0 fully saturated rings. The smallest absolute Gasteiger partial charge is 0.251 e. The highest BCUT2D eigenvalue weighted by atomic mass is 35.5. The molecule has 0 aliphatic carbocycles. The molecule has 0 unspecified atom stereocenters. The van der Waals surface area contributed by atoms with Crippen LogP contribution in [0, 0.1) is 0 Å². The lowest BCUT2D eigenvalue weighted by Gasteiger charge is -2.18.